The Morgan fingerprint density at radius 2 is 2.17 bits per heavy atom. The van der Waals surface area contributed by atoms with Gasteiger partial charge in [0.2, 0.25) is 0 Å². The molecule has 18 heavy (non-hydrogen) atoms. The molecule has 0 aliphatic rings. The third-order valence-electron chi connectivity index (χ3n) is 3.63. The first-order valence-corrected chi connectivity index (χ1v) is 6.00. The number of halogens is 1. The molecule has 0 amide bonds. The quantitative estimate of drug-likeness (QED) is 0.906. The maximum atomic E-state index is 13.1. The second kappa shape index (κ2) is 4.71. The summed E-state index contributed by atoms with van der Waals surface area (Å²) < 4.78 is 24.2. The number of hydrogen-bond acceptors (Lipinski definition) is 3. The summed E-state index contributed by atoms with van der Waals surface area (Å²) in [4.78, 5) is 0. The molecule has 2 N–H and O–H groups in total. The van der Waals surface area contributed by atoms with Crippen LogP contribution >= 0.6 is 0 Å². The van der Waals surface area contributed by atoms with E-state index in [0.29, 0.717) is 11.3 Å². The van der Waals surface area contributed by atoms with Crippen molar-refractivity contribution in [1.29, 1.82) is 0 Å². The summed E-state index contributed by atoms with van der Waals surface area (Å²) in [6.45, 7) is 3.94. The van der Waals surface area contributed by atoms with Crippen LogP contribution in [-0.2, 0) is 4.74 Å². The van der Waals surface area contributed by atoms with Crippen LogP contribution in [0.25, 0.3) is 11.0 Å². The molecule has 0 fully saturated rings. The highest BCUT2D eigenvalue weighted by molar-refractivity contribution is 5.78. The number of furan rings is 1. The van der Waals surface area contributed by atoms with Crippen molar-refractivity contribution < 1.29 is 13.5 Å². The molecule has 1 heterocycles. The molecule has 0 bridgehead atoms. The molecule has 0 aliphatic carbocycles. The lowest BCUT2D eigenvalue weighted by atomic mass is 9.92. The van der Waals surface area contributed by atoms with Crippen molar-refractivity contribution in [3.8, 4) is 0 Å². The van der Waals surface area contributed by atoms with Crippen LogP contribution in [0.2, 0.25) is 0 Å². The molecule has 0 aliphatic heterocycles. The first-order valence-electron chi connectivity index (χ1n) is 6.00. The monoisotopic (exact) mass is 251 g/mol. The van der Waals surface area contributed by atoms with Crippen molar-refractivity contribution >= 4 is 11.0 Å². The van der Waals surface area contributed by atoms with Gasteiger partial charge in [0, 0.05) is 12.5 Å². The van der Waals surface area contributed by atoms with Crippen LogP contribution < -0.4 is 5.73 Å². The Morgan fingerprint density at radius 3 is 2.78 bits per heavy atom. The molecule has 1 aromatic heterocycles. The number of rotatable bonds is 4. The highest BCUT2D eigenvalue weighted by atomic mass is 19.1. The normalized spacial score (nSPS) is 16.7. The van der Waals surface area contributed by atoms with Crippen LogP contribution in [0.1, 0.15) is 32.1 Å². The fraction of sp³-hybridized carbons (Fsp3) is 0.429. The zero-order valence-corrected chi connectivity index (χ0v) is 10.9. The van der Waals surface area contributed by atoms with Gasteiger partial charge in [-0.3, -0.25) is 0 Å². The molecule has 2 aromatic rings. The van der Waals surface area contributed by atoms with Gasteiger partial charge in [-0.1, -0.05) is 6.92 Å². The molecule has 2 unspecified atom stereocenters. The lowest BCUT2D eigenvalue weighted by Gasteiger charge is -2.31. The summed E-state index contributed by atoms with van der Waals surface area (Å²) >= 11 is 0. The number of benzene rings is 1. The summed E-state index contributed by atoms with van der Waals surface area (Å²) in [5.74, 6) is 0.329. The standard InChI is InChI=1S/C14H18FNO2/c1-4-14(2,17-3)13(16)12-8-9-7-10(15)5-6-11(9)18-12/h5-8,13H,4,16H2,1-3H3. The van der Waals surface area contributed by atoms with Crippen LogP contribution in [0.5, 0.6) is 0 Å². The highest BCUT2D eigenvalue weighted by Crippen LogP contribution is 2.33. The number of ether oxygens (including phenoxy) is 1. The van der Waals surface area contributed by atoms with Crippen LogP contribution in [0.4, 0.5) is 4.39 Å². The lowest BCUT2D eigenvalue weighted by Crippen LogP contribution is -2.39. The SMILES string of the molecule is CCC(C)(OC)C(N)c1cc2cc(F)ccc2o1. The maximum absolute atomic E-state index is 13.1. The Labute approximate surface area is 106 Å². The smallest absolute Gasteiger partial charge is 0.134 e. The van der Waals surface area contributed by atoms with E-state index < -0.39 is 5.60 Å². The van der Waals surface area contributed by atoms with Crippen molar-refractivity contribution in [3.05, 3.63) is 35.8 Å². The van der Waals surface area contributed by atoms with Gasteiger partial charge in [-0.05, 0) is 37.6 Å². The molecular formula is C14H18FNO2. The molecule has 3 nitrogen and oxygen atoms in total. The van der Waals surface area contributed by atoms with Gasteiger partial charge < -0.3 is 14.9 Å². The number of fused-ring (bicyclic) bond motifs is 1. The molecule has 0 radical (unpaired) electrons. The van der Waals surface area contributed by atoms with Crippen molar-refractivity contribution in [3.63, 3.8) is 0 Å². The average Bonchev–Trinajstić information content (AvgIpc) is 2.79. The lowest BCUT2D eigenvalue weighted by molar-refractivity contribution is -0.0240. The summed E-state index contributed by atoms with van der Waals surface area (Å²) in [6.07, 6.45) is 0.760. The summed E-state index contributed by atoms with van der Waals surface area (Å²) in [7, 11) is 1.63. The summed E-state index contributed by atoms with van der Waals surface area (Å²) in [5, 5.41) is 0.718. The molecule has 0 saturated carbocycles. The maximum Gasteiger partial charge on any atom is 0.134 e. The molecule has 0 spiro atoms. The van der Waals surface area contributed by atoms with Crippen LogP contribution in [0.3, 0.4) is 0 Å². The molecule has 98 valence electrons. The van der Waals surface area contributed by atoms with Crippen molar-refractivity contribution in [1.82, 2.24) is 0 Å². The largest absolute Gasteiger partial charge is 0.459 e. The van der Waals surface area contributed by atoms with E-state index in [1.54, 1.807) is 19.2 Å². The van der Waals surface area contributed by atoms with Gasteiger partial charge in [0.05, 0.1) is 11.6 Å². The Bertz CT molecular complexity index is 546. The number of nitrogens with two attached hydrogens (primary N) is 1. The molecule has 0 saturated heterocycles. The first kappa shape index (κ1) is 13.1. The van der Waals surface area contributed by atoms with E-state index in [1.807, 2.05) is 13.8 Å². The van der Waals surface area contributed by atoms with Gasteiger partial charge in [-0.15, -0.1) is 0 Å². The average molecular weight is 251 g/mol. The zero-order valence-electron chi connectivity index (χ0n) is 10.9. The van der Waals surface area contributed by atoms with Crippen molar-refractivity contribution in [2.45, 2.75) is 31.9 Å². The van der Waals surface area contributed by atoms with Gasteiger partial charge in [0.15, 0.2) is 0 Å². The van der Waals surface area contributed by atoms with Gasteiger partial charge >= 0.3 is 0 Å². The van der Waals surface area contributed by atoms with Gasteiger partial charge in [-0.25, -0.2) is 4.39 Å². The second-order valence-corrected chi connectivity index (χ2v) is 4.68. The van der Waals surface area contributed by atoms with E-state index in [1.165, 1.54) is 12.1 Å². The minimum atomic E-state index is -0.494. The topological polar surface area (TPSA) is 48.4 Å². The minimum absolute atomic E-state index is 0.284. The fourth-order valence-electron chi connectivity index (χ4n) is 1.98. The van der Waals surface area contributed by atoms with E-state index in [0.717, 1.165) is 11.8 Å². The number of methoxy groups -OCH3 is 1. The van der Waals surface area contributed by atoms with Crippen molar-refractivity contribution in [2.24, 2.45) is 5.73 Å². The van der Waals surface area contributed by atoms with Gasteiger partial charge in [-0.2, -0.15) is 0 Å². The third-order valence-corrected chi connectivity index (χ3v) is 3.63. The van der Waals surface area contributed by atoms with Gasteiger partial charge in [0.1, 0.15) is 17.2 Å². The molecule has 1 aromatic carbocycles. The second-order valence-electron chi connectivity index (χ2n) is 4.68. The Kier molecular flexibility index (Phi) is 3.41. The number of hydrogen-bond donors (Lipinski definition) is 1. The highest BCUT2D eigenvalue weighted by Gasteiger charge is 2.33. The van der Waals surface area contributed by atoms with E-state index in [2.05, 4.69) is 0 Å². The Hall–Kier alpha value is -1.39. The Morgan fingerprint density at radius 1 is 1.44 bits per heavy atom. The van der Waals surface area contributed by atoms with E-state index >= 15 is 0 Å². The van der Waals surface area contributed by atoms with Crippen LogP contribution in [-0.4, -0.2) is 12.7 Å². The van der Waals surface area contributed by atoms with E-state index in [4.69, 9.17) is 14.9 Å². The first-order chi connectivity index (χ1) is 8.50. The predicted molar refractivity (Wildman–Crippen MR) is 68.8 cm³/mol. The molecular weight excluding hydrogens is 233 g/mol. The Balaban J connectivity index is 2.42. The van der Waals surface area contributed by atoms with E-state index in [-0.39, 0.29) is 11.9 Å². The summed E-state index contributed by atoms with van der Waals surface area (Å²) in [5.41, 5.74) is 6.33. The van der Waals surface area contributed by atoms with Gasteiger partial charge in [0.25, 0.3) is 0 Å². The zero-order chi connectivity index (χ0) is 13.3. The molecule has 4 heteroatoms. The molecule has 2 rings (SSSR count). The minimum Gasteiger partial charge on any atom is -0.459 e. The fourth-order valence-corrected chi connectivity index (χ4v) is 1.98. The van der Waals surface area contributed by atoms with E-state index in [9.17, 15) is 4.39 Å². The van der Waals surface area contributed by atoms with Crippen molar-refractivity contribution in [2.75, 3.05) is 7.11 Å². The third kappa shape index (κ3) is 2.13. The predicted octanol–water partition coefficient (Wildman–Crippen LogP) is 3.39. The van der Waals surface area contributed by atoms with Crippen LogP contribution in [0, 0.1) is 5.82 Å². The van der Waals surface area contributed by atoms with Crippen LogP contribution in [0.15, 0.2) is 28.7 Å². The molecule has 2 atom stereocenters. The summed E-state index contributed by atoms with van der Waals surface area (Å²) in [6, 6.07) is 5.80.